The molecule has 0 aliphatic carbocycles. The number of likely N-dealkylation sites (tertiary alicyclic amines) is 1. The number of carbonyl (C=O) groups is 1. The lowest BCUT2D eigenvalue weighted by atomic mass is 10.0. The van der Waals surface area contributed by atoms with Gasteiger partial charge < -0.3 is 13.9 Å². The zero-order valence-corrected chi connectivity index (χ0v) is 16.6. The Labute approximate surface area is 160 Å². The number of hydrogen-bond acceptors (Lipinski definition) is 2. The summed E-state index contributed by atoms with van der Waals surface area (Å²) in [5, 5.41) is 0. The van der Waals surface area contributed by atoms with Crippen molar-refractivity contribution in [3.63, 3.8) is 0 Å². The van der Waals surface area contributed by atoms with Crippen molar-refractivity contribution >= 4 is 11.4 Å². The summed E-state index contributed by atoms with van der Waals surface area (Å²) in [5.74, 6) is 1.13. The van der Waals surface area contributed by atoms with Crippen molar-refractivity contribution in [2.45, 2.75) is 59.0 Å². The van der Waals surface area contributed by atoms with Gasteiger partial charge in [-0.25, -0.2) is 4.98 Å². The summed E-state index contributed by atoms with van der Waals surface area (Å²) < 4.78 is 4.26. The summed E-state index contributed by atoms with van der Waals surface area (Å²) >= 11 is 0. The molecule has 0 aromatic carbocycles. The molecule has 4 rings (SSSR count). The first-order valence-electron chi connectivity index (χ1n) is 9.94. The molecule has 1 atom stereocenters. The molecule has 5 heteroatoms. The van der Waals surface area contributed by atoms with Gasteiger partial charge in [0.05, 0.1) is 16.8 Å². The Morgan fingerprint density at radius 2 is 2.07 bits per heavy atom. The predicted molar refractivity (Wildman–Crippen MR) is 108 cm³/mol. The van der Waals surface area contributed by atoms with Gasteiger partial charge in [-0.05, 0) is 65.2 Å². The highest BCUT2D eigenvalue weighted by Gasteiger charge is 2.27. The SMILES string of the molecule is Cc1nc(-c2cc(C(=O)N3CCCCC3C)c3ccccn23)cn1C(C)C. The highest BCUT2D eigenvalue weighted by Crippen LogP contribution is 2.29. The minimum atomic E-state index is 0.136. The third-order valence-electron chi connectivity index (χ3n) is 5.71. The Morgan fingerprint density at radius 3 is 2.78 bits per heavy atom. The molecule has 1 amide bonds. The van der Waals surface area contributed by atoms with Crippen LogP contribution >= 0.6 is 0 Å². The van der Waals surface area contributed by atoms with Crippen LogP contribution in [0.3, 0.4) is 0 Å². The minimum absolute atomic E-state index is 0.136. The largest absolute Gasteiger partial charge is 0.336 e. The van der Waals surface area contributed by atoms with E-state index in [1.807, 2.05) is 42.3 Å². The molecular weight excluding hydrogens is 336 g/mol. The number of carbonyl (C=O) groups excluding carboxylic acids is 1. The molecule has 27 heavy (non-hydrogen) atoms. The average Bonchev–Trinajstić information content (AvgIpc) is 3.22. The zero-order chi connectivity index (χ0) is 19.1. The molecule has 0 bridgehead atoms. The van der Waals surface area contributed by atoms with Gasteiger partial charge in [-0.15, -0.1) is 0 Å². The van der Waals surface area contributed by atoms with Crippen LogP contribution in [0.15, 0.2) is 36.7 Å². The molecule has 1 unspecified atom stereocenters. The van der Waals surface area contributed by atoms with Crippen LogP contribution in [0, 0.1) is 6.92 Å². The van der Waals surface area contributed by atoms with Crippen molar-refractivity contribution in [3.05, 3.63) is 48.0 Å². The van der Waals surface area contributed by atoms with Crippen molar-refractivity contribution < 1.29 is 4.79 Å². The summed E-state index contributed by atoms with van der Waals surface area (Å²) in [6.45, 7) is 9.34. The van der Waals surface area contributed by atoms with Gasteiger partial charge in [0.1, 0.15) is 11.5 Å². The number of aryl methyl sites for hydroxylation is 1. The first kappa shape index (κ1) is 17.8. The molecule has 0 N–H and O–H groups in total. The van der Waals surface area contributed by atoms with Crippen LogP contribution in [0.25, 0.3) is 16.9 Å². The molecule has 5 nitrogen and oxygen atoms in total. The lowest BCUT2D eigenvalue weighted by molar-refractivity contribution is 0.0638. The Hall–Kier alpha value is -2.56. The van der Waals surface area contributed by atoms with Gasteiger partial charge in [0, 0.05) is 31.0 Å². The van der Waals surface area contributed by atoms with Crippen LogP contribution < -0.4 is 0 Å². The van der Waals surface area contributed by atoms with Gasteiger partial charge in [0.2, 0.25) is 0 Å². The smallest absolute Gasteiger partial charge is 0.256 e. The van der Waals surface area contributed by atoms with Gasteiger partial charge in [-0.3, -0.25) is 4.79 Å². The van der Waals surface area contributed by atoms with E-state index in [9.17, 15) is 4.79 Å². The number of rotatable bonds is 3. The third-order valence-corrected chi connectivity index (χ3v) is 5.71. The van der Waals surface area contributed by atoms with Crippen LogP contribution in [-0.2, 0) is 0 Å². The van der Waals surface area contributed by atoms with Crippen LogP contribution in [0.2, 0.25) is 0 Å². The Kier molecular flexibility index (Phi) is 4.54. The lowest BCUT2D eigenvalue weighted by Crippen LogP contribution is -2.41. The standard InChI is InChI=1S/C22H28N4O/c1-15(2)26-14-19(23-17(26)4)21-13-18(20-10-6-8-12-25(20)21)22(27)24-11-7-5-9-16(24)3/h6,8,10,12-16H,5,7,9,11H2,1-4H3. The summed E-state index contributed by atoms with van der Waals surface area (Å²) in [4.78, 5) is 20.1. The van der Waals surface area contributed by atoms with Crippen LogP contribution in [0.4, 0.5) is 0 Å². The highest BCUT2D eigenvalue weighted by atomic mass is 16.2. The lowest BCUT2D eigenvalue weighted by Gasteiger charge is -2.33. The first-order valence-corrected chi connectivity index (χ1v) is 9.94. The number of pyridine rings is 1. The number of piperidine rings is 1. The molecule has 1 aliphatic rings. The second-order valence-corrected chi connectivity index (χ2v) is 7.92. The second kappa shape index (κ2) is 6.87. The number of amides is 1. The fourth-order valence-electron chi connectivity index (χ4n) is 4.21. The highest BCUT2D eigenvalue weighted by molar-refractivity contribution is 6.03. The summed E-state index contributed by atoms with van der Waals surface area (Å²) in [5.41, 5.74) is 3.61. The molecule has 0 radical (unpaired) electrons. The maximum atomic E-state index is 13.3. The van der Waals surface area contributed by atoms with E-state index in [0.717, 1.165) is 47.7 Å². The maximum Gasteiger partial charge on any atom is 0.256 e. The molecule has 4 heterocycles. The molecule has 1 fully saturated rings. The average molecular weight is 364 g/mol. The van der Waals surface area contributed by atoms with E-state index in [-0.39, 0.29) is 5.91 Å². The van der Waals surface area contributed by atoms with E-state index in [4.69, 9.17) is 4.98 Å². The zero-order valence-electron chi connectivity index (χ0n) is 16.6. The Morgan fingerprint density at radius 1 is 1.26 bits per heavy atom. The van der Waals surface area contributed by atoms with Crippen LogP contribution in [-0.4, -0.2) is 37.3 Å². The summed E-state index contributed by atoms with van der Waals surface area (Å²) in [6, 6.07) is 8.69. The van der Waals surface area contributed by atoms with Crippen LogP contribution in [0.5, 0.6) is 0 Å². The van der Waals surface area contributed by atoms with Gasteiger partial charge in [-0.1, -0.05) is 6.07 Å². The molecule has 1 aliphatic heterocycles. The Balaban J connectivity index is 1.82. The van der Waals surface area contributed by atoms with Crippen molar-refractivity contribution in [2.75, 3.05) is 6.54 Å². The van der Waals surface area contributed by atoms with Gasteiger partial charge >= 0.3 is 0 Å². The van der Waals surface area contributed by atoms with Gasteiger partial charge in [0.15, 0.2) is 0 Å². The van der Waals surface area contributed by atoms with E-state index in [1.165, 1.54) is 6.42 Å². The number of hydrogen-bond donors (Lipinski definition) is 0. The monoisotopic (exact) mass is 364 g/mol. The van der Waals surface area contributed by atoms with Crippen molar-refractivity contribution in [3.8, 4) is 11.4 Å². The topological polar surface area (TPSA) is 42.5 Å². The van der Waals surface area contributed by atoms with Crippen LogP contribution in [0.1, 0.15) is 62.3 Å². The molecule has 3 aromatic heterocycles. The van der Waals surface area contributed by atoms with E-state index >= 15 is 0 Å². The predicted octanol–water partition coefficient (Wildman–Crippen LogP) is 4.71. The summed E-state index contributed by atoms with van der Waals surface area (Å²) in [7, 11) is 0. The summed E-state index contributed by atoms with van der Waals surface area (Å²) in [6.07, 6.45) is 7.49. The van der Waals surface area contributed by atoms with E-state index < -0.39 is 0 Å². The maximum absolute atomic E-state index is 13.3. The fourth-order valence-corrected chi connectivity index (χ4v) is 4.21. The van der Waals surface area contributed by atoms with Gasteiger partial charge in [-0.2, -0.15) is 0 Å². The number of aromatic nitrogens is 3. The van der Waals surface area contributed by atoms with Crippen molar-refractivity contribution in [1.82, 2.24) is 18.9 Å². The van der Waals surface area contributed by atoms with E-state index in [0.29, 0.717) is 12.1 Å². The number of imidazole rings is 1. The second-order valence-electron chi connectivity index (χ2n) is 7.92. The Bertz CT molecular complexity index is 982. The quantitative estimate of drug-likeness (QED) is 0.676. The normalized spacial score (nSPS) is 17.8. The third kappa shape index (κ3) is 3.05. The van der Waals surface area contributed by atoms with Crippen molar-refractivity contribution in [2.24, 2.45) is 0 Å². The molecule has 142 valence electrons. The molecule has 0 saturated carbocycles. The van der Waals surface area contributed by atoms with Crippen molar-refractivity contribution in [1.29, 1.82) is 0 Å². The van der Waals surface area contributed by atoms with E-state index in [2.05, 4.69) is 35.9 Å². The minimum Gasteiger partial charge on any atom is -0.336 e. The fraction of sp³-hybridized carbons (Fsp3) is 0.455. The molecule has 1 saturated heterocycles. The first-order chi connectivity index (χ1) is 13.0. The molecular formula is C22H28N4O. The van der Waals surface area contributed by atoms with Gasteiger partial charge in [0.25, 0.3) is 5.91 Å². The molecule has 0 spiro atoms. The van der Waals surface area contributed by atoms with E-state index in [1.54, 1.807) is 0 Å². The molecule has 3 aromatic rings. The number of nitrogens with zero attached hydrogens (tertiary/aromatic N) is 4. The number of fused-ring (bicyclic) bond motifs is 1.